The van der Waals surface area contributed by atoms with Gasteiger partial charge in [-0.25, -0.2) is 8.42 Å². The Kier molecular flexibility index (Phi) is 2.68. The summed E-state index contributed by atoms with van der Waals surface area (Å²) in [6.45, 7) is 2.87. The Morgan fingerprint density at radius 3 is 2.47 bits per heavy atom. The van der Waals surface area contributed by atoms with Gasteiger partial charge >= 0.3 is 0 Å². The Bertz CT molecular complexity index is 472. The largest absolute Gasteiger partial charge is 0.298 e. The fraction of sp³-hybridized carbons (Fsp3) is 0.700. The van der Waals surface area contributed by atoms with E-state index in [0.717, 1.165) is 13.1 Å². The molecule has 0 aromatic carbocycles. The molecule has 0 spiro atoms. The van der Waals surface area contributed by atoms with Crippen LogP contribution in [0.5, 0.6) is 0 Å². The maximum atomic E-state index is 12.2. The topological polar surface area (TPSA) is 69.3 Å². The Morgan fingerprint density at radius 2 is 1.94 bits per heavy atom. The summed E-state index contributed by atoms with van der Waals surface area (Å²) in [5.41, 5.74) is 0. The second-order valence-electron chi connectivity index (χ2n) is 4.61. The first-order chi connectivity index (χ1) is 8.18. The van der Waals surface area contributed by atoms with Crippen LogP contribution in [-0.2, 0) is 10.0 Å². The standard InChI is InChI=1S/C10H16N4O2S/c15-17(16,10-7-11-12-8-10)14-5-3-13(4-6-14)9-1-2-9/h7-9H,1-6H2,(H,11,12). The quantitative estimate of drug-likeness (QED) is 0.818. The highest BCUT2D eigenvalue weighted by Crippen LogP contribution is 2.28. The molecule has 1 aliphatic heterocycles. The van der Waals surface area contributed by atoms with Crippen LogP contribution in [0.1, 0.15) is 12.8 Å². The van der Waals surface area contributed by atoms with Gasteiger partial charge in [0.2, 0.25) is 10.0 Å². The van der Waals surface area contributed by atoms with Gasteiger partial charge in [-0.15, -0.1) is 0 Å². The Balaban J connectivity index is 1.69. The normalized spacial score (nSPS) is 24.0. The van der Waals surface area contributed by atoms with Crippen LogP contribution in [0.25, 0.3) is 0 Å². The molecule has 0 unspecified atom stereocenters. The summed E-state index contributed by atoms with van der Waals surface area (Å²) < 4.78 is 25.9. The van der Waals surface area contributed by atoms with E-state index in [9.17, 15) is 8.42 Å². The number of hydrogen-bond donors (Lipinski definition) is 1. The van der Waals surface area contributed by atoms with Gasteiger partial charge in [0.05, 0.1) is 6.20 Å². The Morgan fingerprint density at radius 1 is 1.24 bits per heavy atom. The van der Waals surface area contributed by atoms with Gasteiger partial charge in [-0.2, -0.15) is 9.40 Å². The minimum Gasteiger partial charge on any atom is -0.298 e. The second-order valence-corrected chi connectivity index (χ2v) is 6.54. The molecule has 1 saturated heterocycles. The first-order valence-corrected chi connectivity index (χ1v) is 7.35. The van der Waals surface area contributed by atoms with E-state index in [1.165, 1.54) is 25.2 Å². The zero-order valence-electron chi connectivity index (χ0n) is 9.54. The number of piperazine rings is 1. The van der Waals surface area contributed by atoms with Crippen molar-refractivity contribution in [2.45, 2.75) is 23.8 Å². The molecule has 2 aliphatic rings. The van der Waals surface area contributed by atoms with Gasteiger partial charge < -0.3 is 0 Å². The summed E-state index contributed by atoms with van der Waals surface area (Å²) in [6.07, 6.45) is 5.34. The molecule has 94 valence electrons. The molecule has 0 bridgehead atoms. The van der Waals surface area contributed by atoms with Crippen molar-refractivity contribution in [3.8, 4) is 0 Å². The summed E-state index contributed by atoms with van der Waals surface area (Å²) in [6, 6.07) is 0.716. The van der Waals surface area contributed by atoms with E-state index >= 15 is 0 Å². The fourth-order valence-corrected chi connectivity index (χ4v) is 3.61. The average Bonchev–Trinajstić information content (AvgIpc) is 3.03. The van der Waals surface area contributed by atoms with Crippen LogP contribution in [0.15, 0.2) is 17.3 Å². The Hall–Kier alpha value is -0.920. The molecule has 0 amide bonds. The smallest absolute Gasteiger partial charge is 0.246 e. The number of aromatic amines is 1. The van der Waals surface area contributed by atoms with Gasteiger partial charge in [0.1, 0.15) is 4.90 Å². The maximum Gasteiger partial charge on any atom is 0.246 e. The van der Waals surface area contributed by atoms with Crippen molar-refractivity contribution in [1.82, 2.24) is 19.4 Å². The van der Waals surface area contributed by atoms with Crippen molar-refractivity contribution in [1.29, 1.82) is 0 Å². The maximum absolute atomic E-state index is 12.2. The molecule has 2 fully saturated rings. The molecule has 0 atom stereocenters. The third-order valence-corrected chi connectivity index (χ3v) is 5.31. The summed E-state index contributed by atoms with van der Waals surface area (Å²) in [7, 11) is -3.33. The van der Waals surface area contributed by atoms with Crippen molar-refractivity contribution in [2.24, 2.45) is 0 Å². The highest BCUT2D eigenvalue weighted by Gasteiger charge is 2.35. The Labute approximate surface area is 101 Å². The van der Waals surface area contributed by atoms with Crippen LogP contribution in [0, 0.1) is 0 Å². The zero-order valence-corrected chi connectivity index (χ0v) is 10.4. The van der Waals surface area contributed by atoms with Crippen LogP contribution >= 0.6 is 0 Å². The van der Waals surface area contributed by atoms with E-state index in [4.69, 9.17) is 0 Å². The van der Waals surface area contributed by atoms with Gasteiger partial charge in [0, 0.05) is 38.4 Å². The molecular formula is C10H16N4O2S. The number of aromatic nitrogens is 2. The van der Waals surface area contributed by atoms with Crippen LogP contribution < -0.4 is 0 Å². The molecule has 1 N–H and O–H groups in total. The van der Waals surface area contributed by atoms with Crippen molar-refractivity contribution in [3.05, 3.63) is 12.4 Å². The lowest BCUT2D eigenvalue weighted by Gasteiger charge is -2.33. The molecule has 0 radical (unpaired) electrons. The van der Waals surface area contributed by atoms with Gasteiger partial charge in [-0.05, 0) is 12.8 Å². The van der Waals surface area contributed by atoms with E-state index in [1.807, 2.05) is 0 Å². The fourth-order valence-electron chi connectivity index (χ4n) is 2.28. The summed E-state index contributed by atoms with van der Waals surface area (Å²) in [5.74, 6) is 0. The van der Waals surface area contributed by atoms with Gasteiger partial charge in [0.25, 0.3) is 0 Å². The summed E-state index contributed by atoms with van der Waals surface area (Å²) >= 11 is 0. The first kappa shape index (κ1) is 11.2. The van der Waals surface area contributed by atoms with Gasteiger partial charge in [0.15, 0.2) is 0 Å². The van der Waals surface area contributed by atoms with E-state index in [1.54, 1.807) is 4.31 Å². The number of sulfonamides is 1. The predicted octanol–water partition coefficient (Wildman–Crippen LogP) is -0.122. The van der Waals surface area contributed by atoms with E-state index in [0.29, 0.717) is 19.1 Å². The van der Waals surface area contributed by atoms with Crippen molar-refractivity contribution in [3.63, 3.8) is 0 Å². The molecule has 7 heteroatoms. The van der Waals surface area contributed by atoms with Gasteiger partial charge in [-0.3, -0.25) is 10.00 Å². The van der Waals surface area contributed by atoms with E-state index < -0.39 is 10.0 Å². The SMILES string of the molecule is O=S(=O)(c1cn[nH]c1)N1CCN(C2CC2)CC1. The zero-order chi connectivity index (χ0) is 11.9. The predicted molar refractivity (Wildman–Crippen MR) is 61.9 cm³/mol. The minimum atomic E-state index is -3.33. The first-order valence-electron chi connectivity index (χ1n) is 5.91. The number of nitrogens with zero attached hydrogens (tertiary/aromatic N) is 3. The highest BCUT2D eigenvalue weighted by molar-refractivity contribution is 7.89. The lowest BCUT2D eigenvalue weighted by atomic mass is 10.3. The van der Waals surface area contributed by atoms with Crippen LogP contribution in [0.2, 0.25) is 0 Å². The van der Waals surface area contributed by atoms with Gasteiger partial charge in [-0.1, -0.05) is 0 Å². The molecule has 6 nitrogen and oxygen atoms in total. The molecule has 3 rings (SSSR count). The minimum absolute atomic E-state index is 0.261. The summed E-state index contributed by atoms with van der Waals surface area (Å²) in [4.78, 5) is 2.65. The molecule has 1 aliphatic carbocycles. The molecule has 1 saturated carbocycles. The van der Waals surface area contributed by atoms with Crippen LogP contribution in [-0.4, -0.2) is 60.0 Å². The molecule has 1 aromatic rings. The second kappa shape index (κ2) is 4.08. The molecular weight excluding hydrogens is 240 g/mol. The summed E-state index contributed by atoms with van der Waals surface area (Å²) in [5, 5.41) is 6.24. The van der Waals surface area contributed by atoms with Crippen LogP contribution in [0.4, 0.5) is 0 Å². The third-order valence-electron chi connectivity index (χ3n) is 3.45. The highest BCUT2D eigenvalue weighted by atomic mass is 32.2. The lowest BCUT2D eigenvalue weighted by Crippen LogP contribution is -2.49. The lowest BCUT2D eigenvalue weighted by molar-refractivity contribution is 0.180. The number of H-pyrrole nitrogens is 1. The molecule has 2 heterocycles. The average molecular weight is 256 g/mol. The van der Waals surface area contributed by atoms with Crippen molar-refractivity contribution < 1.29 is 8.42 Å². The number of hydrogen-bond acceptors (Lipinski definition) is 4. The van der Waals surface area contributed by atoms with E-state index in [2.05, 4.69) is 15.1 Å². The molecule has 17 heavy (non-hydrogen) atoms. The number of nitrogens with one attached hydrogen (secondary N) is 1. The van der Waals surface area contributed by atoms with E-state index in [-0.39, 0.29) is 4.90 Å². The van der Waals surface area contributed by atoms with Crippen molar-refractivity contribution >= 4 is 10.0 Å². The monoisotopic (exact) mass is 256 g/mol. The van der Waals surface area contributed by atoms with Crippen LogP contribution in [0.3, 0.4) is 0 Å². The third kappa shape index (κ3) is 2.10. The number of rotatable bonds is 3. The molecule has 1 aromatic heterocycles. The van der Waals surface area contributed by atoms with Crippen molar-refractivity contribution in [2.75, 3.05) is 26.2 Å².